The van der Waals surface area contributed by atoms with E-state index in [4.69, 9.17) is 14.6 Å². The van der Waals surface area contributed by atoms with Gasteiger partial charge < -0.3 is 14.6 Å². The minimum Gasteiger partial charge on any atom is -0.481 e. The molecule has 0 aromatic carbocycles. The van der Waals surface area contributed by atoms with Gasteiger partial charge in [-0.1, -0.05) is 12.2 Å². The van der Waals surface area contributed by atoms with Crippen LogP contribution in [-0.4, -0.2) is 29.6 Å². The molecule has 16 heavy (non-hydrogen) atoms. The van der Waals surface area contributed by atoms with Crippen LogP contribution in [0.4, 0.5) is 0 Å². The van der Waals surface area contributed by atoms with Gasteiger partial charge in [-0.2, -0.15) is 0 Å². The molecule has 92 valence electrons. The van der Waals surface area contributed by atoms with Crippen molar-refractivity contribution in [3.05, 3.63) is 12.2 Å². The number of allylic oxidation sites excluding steroid dienone is 1. The lowest BCUT2D eigenvalue weighted by atomic mass is 10.2. The van der Waals surface area contributed by atoms with Crippen LogP contribution in [0.25, 0.3) is 0 Å². The van der Waals surface area contributed by atoms with Gasteiger partial charge in [-0.3, -0.25) is 4.79 Å². The van der Waals surface area contributed by atoms with Gasteiger partial charge in [0.2, 0.25) is 0 Å². The number of rotatable bonds is 6. The first-order valence-electron chi connectivity index (χ1n) is 5.68. The number of carbonyl (C=O) groups is 1. The van der Waals surface area contributed by atoms with Gasteiger partial charge in [0.25, 0.3) is 0 Å². The summed E-state index contributed by atoms with van der Waals surface area (Å²) in [6.07, 6.45) is 6.75. The minimum atomic E-state index is -0.734. The summed E-state index contributed by atoms with van der Waals surface area (Å²) in [6.45, 7) is 4.44. The minimum absolute atomic E-state index is 0.130. The van der Waals surface area contributed by atoms with E-state index in [1.807, 2.05) is 26.0 Å². The fourth-order valence-electron chi connectivity index (χ4n) is 1.62. The van der Waals surface area contributed by atoms with Gasteiger partial charge in [0.15, 0.2) is 5.79 Å². The molecule has 1 heterocycles. The van der Waals surface area contributed by atoms with Crippen molar-refractivity contribution in [2.24, 2.45) is 0 Å². The van der Waals surface area contributed by atoms with E-state index >= 15 is 0 Å². The molecule has 0 saturated carbocycles. The molecule has 1 atom stereocenters. The van der Waals surface area contributed by atoms with Gasteiger partial charge in [-0.05, 0) is 33.1 Å². The number of carboxylic acid groups (broad SMARTS) is 1. The molecule has 0 amide bonds. The molecule has 4 heteroatoms. The highest BCUT2D eigenvalue weighted by atomic mass is 16.7. The maximum Gasteiger partial charge on any atom is 0.303 e. The van der Waals surface area contributed by atoms with Crippen molar-refractivity contribution in [1.29, 1.82) is 0 Å². The van der Waals surface area contributed by atoms with Gasteiger partial charge in [0, 0.05) is 6.42 Å². The number of hydrogen-bond acceptors (Lipinski definition) is 3. The number of aliphatic carboxylic acids is 1. The highest BCUT2D eigenvalue weighted by molar-refractivity contribution is 5.66. The molecule has 4 nitrogen and oxygen atoms in total. The average Bonchev–Trinajstić information content (AvgIpc) is 2.51. The summed E-state index contributed by atoms with van der Waals surface area (Å²) in [5, 5.41) is 8.44. The van der Waals surface area contributed by atoms with Crippen molar-refractivity contribution >= 4 is 5.97 Å². The first kappa shape index (κ1) is 13.2. The standard InChI is InChI=1S/C12H20O4/c1-12(2)15-9-10(16-12)7-5-3-4-6-8-11(13)14/h3,5,10H,4,6-9H2,1-2H3,(H,13,14)/b5-3-. The topological polar surface area (TPSA) is 55.8 Å². The van der Waals surface area contributed by atoms with E-state index in [0.29, 0.717) is 13.0 Å². The summed E-state index contributed by atoms with van der Waals surface area (Å²) < 4.78 is 11.1. The molecule has 1 aliphatic heterocycles. The molecule has 1 rings (SSSR count). The van der Waals surface area contributed by atoms with E-state index in [2.05, 4.69) is 0 Å². The Morgan fingerprint density at radius 1 is 1.50 bits per heavy atom. The van der Waals surface area contributed by atoms with Crippen LogP contribution in [0.3, 0.4) is 0 Å². The third-order valence-electron chi connectivity index (χ3n) is 2.39. The van der Waals surface area contributed by atoms with Crippen molar-refractivity contribution in [2.45, 2.75) is 51.4 Å². The molecule has 0 aromatic heterocycles. The van der Waals surface area contributed by atoms with Crippen LogP contribution in [0.2, 0.25) is 0 Å². The van der Waals surface area contributed by atoms with Gasteiger partial charge >= 0.3 is 5.97 Å². The second-order valence-electron chi connectivity index (χ2n) is 4.44. The number of hydrogen-bond donors (Lipinski definition) is 1. The molecule has 0 aromatic rings. The largest absolute Gasteiger partial charge is 0.481 e. The summed E-state index contributed by atoms with van der Waals surface area (Å²) in [7, 11) is 0. The summed E-state index contributed by atoms with van der Waals surface area (Å²) in [4.78, 5) is 10.3. The lowest BCUT2D eigenvalue weighted by Crippen LogP contribution is -2.21. The summed E-state index contributed by atoms with van der Waals surface area (Å²) >= 11 is 0. The number of ether oxygens (including phenoxy) is 2. The second kappa shape index (κ2) is 6.01. The number of unbranched alkanes of at least 4 members (excludes halogenated alkanes) is 1. The Morgan fingerprint density at radius 2 is 2.25 bits per heavy atom. The zero-order chi connectivity index (χ0) is 12.0. The maximum absolute atomic E-state index is 10.3. The van der Waals surface area contributed by atoms with Gasteiger partial charge in [0.05, 0.1) is 12.7 Å². The van der Waals surface area contributed by atoms with Crippen LogP contribution in [0.15, 0.2) is 12.2 Å². The van der Waals surface area contributed by atoms with Crippen LogP contribution < -0.4 is 0 Å². The number of carboxylic acids is 1. The quantitative estimate of drug-likeness (QED) is 0.560. The molecule has 0 radical (unpaired) electrons. The normalized spacial score (nSPS) is 24.0. The van der Waals surface area contributed by atoms with Gasteiger partial charge in [0.1, 0.15) is 0 Å². The smallest absolute Gasteiger partial charge is 0.303 e. The third-order valence-corrected chi connectivity index (χ3v) is 2.39. The van der Waals surface area contributed by atoms with Gasteiger partial charge in [-0.25, -0.2) is 0 Å². The Morgan fingerprint density at radius 3 is 2.81 bits per heavy atom. The predicted molar refractivity (Wildman–Crippen MR) is 60.1 cm³/mol. The van der Waals surface area contributed by atoms with Crippen molar-refractivity contribution in [1.82, 2.24) is 0 Å². The fourth-order valence-corrected chi connectivity index (χ4v) is 1.62. The molecular weight excluding hydrogens is 208 g/mol. The highest BCUT2D eigenvalue weighted by Gasteiger charge is 2.31. The molecule has 1 aliphatic rings. The van der Waals surface area contributed by atoms with E-state index < -0.39 is 11.8 Å². The van der Waals surface area contributed by atoms with Crippen LogP contribution in [0.5, 0.6) is 0 Å². The first-order valence-corrected chi connectivity index (χ1v) is 5.68. The maximum atomic E-state index is 10.3. The molecule has 0 spiro atoms. The van der Waals surface area contributed by atoms with Gasteiger partial charge in [-0.15, -0.1) is 0 Å². The van der Waals surface area contributed by atoms with Crippen LogP contribution in [0.1, 0.15) is 39.5 Å². The lowest BCUT2D eigenvalue weighted by molar-refractivity contribution is -0.138. The molecular formula is C12H20O4. The van der Waals surface area contributed by atoms with E-state index in [-0.39, 0.29) is 12.5 Å². The molecule has 0 aliphatic carbocycles. The zero-order valence-corrected chi connectivity index (χ0v) is 9.94. The van der Waals surface area contributed by atoms with Crippen LogP contribution in [-0.2, 0) is 14.3 Å². The van der Waals surface area contributed by atoms with Crippen molar-refractivity contribution in [3.63, 3.8) is 0 Å². The molecule has 1 saturated heterocycles. The Hall–Kier alpha value is -0.870. The molecule has 1 N–H and O–H groups in total. The zero-order valence-electron chi connectivity index (χ0n) is 9.94. The summed E-state index contributed by atoms with van der Waals surface area (Å²) in [6, 6.07) is 0. The molecule has 1 unspecified atom stereocenters. The highest BCUT2D eigenvalue weighted by Crippen LogP contribution is 2.24. The third kappa shape index (κ3) is 5.28. The van der Waals surface area contributed by atoms with Crippen LogP contribution in [0, 0.1) is 0 Å². The second-order valence-corrected chi connectivity index (χ2v) is 4.44. The molecule has 0 bridgehead atoms. The average molecular weight is 228 g/mol. The monoisotopic (exact) mass is 228 g/mol. The van der Waals surface area contributed by atoms with Crippen molar-refractivity contribution < 1.29 is 19.4 Å². The van der Waals surface area contributed by atoms with Crippen molar-refractivity contribution in [2.75, 3.05) is 6.61 Å². The predicted octanol–water partition coefficient (Wildman–Crippen LogP) is 2.34. The van der Waals surface area contributed by atoms with E-state index in [9.17, 15) is 4.79 Å². The van der Waals surface area contributed by atoms with E-state index in [1.54, 1.807) is 0 Å². The SMILES string of the molecule is CC1(C)OCC(C/C=C\CCCC(=O)O)O1. The Balaban J connectivity index is 2.07. The Labute approximate surface area is 96.2 Å². The first-order chi connectivity index (χ1) is 7.49. The van der Waals surface area contributed by atoms with E-state index in [0.717, 1.165) is 12.8 Å². The lowest BCUT2D eigenvalue weighted by Gasteiger charge is -2.16. The summed E-state index contributed by atoms with van der Waals surface area (Å²) in [5.41, 5.74) is 0. The van der Waals surface area contributed by atoms with Crippen molar-refractivity contribution in [3.8, 4) is 0 Å². The fraction of sp³-hybridized carbons (Fsp3) is 0.750. The van der Waals surface area contributed by atoms with Crippen LogP contribution >= 0.6 is 0 Å². The van der Waals surface area contributed by atoms with E-state index in [1.165, 1.54) is 0 Å². The Kier molecular flexibility index (Phi) is 4.96. The molecule has 1 fully saturated rings. The Bertz CT molecular complexity index is 258. The summed E-state index contributed by atoms with van der Waals surface area (Å²) in [5.74, 6) is -1.19.